The molecule has 2 aliphatic heterocycles. The molecule has 0 unspecified atom stereocenters. The third kappa shape index (κ3) is 4.19. The molecule has 0 spiro atoms. The molecular formula is C18H24O7. The second kappa shape index (κ2) is 7.39. The predicted molar refractivity (Wildman–Crippen MR) is 86.4 cm³/mol. The quantitative estimate of drug-likeness (QED) is 0.801. The van der Waals surface area contributed by atoms with Gasteiger partial charge < -0.3 is 28.8 Å². The Morgan fingerprint density at radius 2 is 1.88 bits per heavy atom. The van der Waals surface area contributed by atoms with Crippen molar-refractivity contribution in [3.8, 4) is 0 Å². The van der Waals surface area contributed by atoms with Crippen LogP contribution in [0.25, 0.3) is 0 Å². The van der Waals surface area contributed by atoms with Crippen LogP contribution in [-0.4, -0.2) is 54.2 Å². The van der Waals surface area contributed by atoms with Gasteiger partial charge in [0.2, 0.25) is 0 Å². The van der Waals surface area contributed by atoms with Crippen LogP contribution < -0.4 is 0 Å². The number of rotatable bonds is 5. The molecule has 2 fully saturated rings. The normalized spacial score (nSPS) is 33.7. The van der Waals surface area contributed by atoms with Gasteiger partial charge in [0.15, 0.2) is 18.2 Å². The molecule has 0 amide bonds. The molecule has 2 saturated heterocycles. The van der Waals surface area contributed by atoms with E-state index in [-0.39, 0.29) is 13.2 Å². The summed E-state index contributed by atoms with van der Waals surface area (Å²) in [6.45, 7) is 4.89. The first-order valence-corrected chi connectivity index (χ1v) is 8.34. The lowest BCUT2D eigenvalue weighted by molar-refractivity contribution is -0.289. The number of esters is 1. The second-order valence-corrected chi connectivity index (χ2v) is 6.66. The molecule has 1 N–H and O–H groups in total. The second-order valence-electron chi connectivity index (χ2n) is 6.66. The molecule has 138 valence electrons. The lowest BCUT2D eigenvalue weighted by Gasteiger charge is -2.40. The summed E-state index contributed by atoms with van der Waals surface area (Å²) in [7, 11) is 0. The lowest BCUT2D eigenvalue weighted by atomic mass is 9.99. The first kappa shape index (κ1) is 18.3. The third-order valence-electron chi connectivity index (χ3n) is 4.17. The van der Waals surface area contributed by atoms with Crippen LogP contribution in [0.2, 0.25) is 0 Å². The van der Waals surface area contributed by atoms with E-state index in [0.29, 0.717) is 0 Å². The molecule has 25 heavy (non-hydrogen) atoms. The minimum Gasteiger partial charge on any atom is -0.454 e. The predicted octanol–water partition coefficient (Wildman–Crippen LogP) is 1.37. The van der Waals surface area contributed by atoms with Crippen LogP contribution in [0.1, 0.15) is 26.3 Å². The van der Waals surface area contributed by atoms with Gasteiger partial charge in [0.05, 0.1) is 13.2 Å². The van der Waals surface area contributed by atoms with Crippen molar-refractivity contribution in [2.75, 3.05) is 6.61 Å². The fourth-order valence-corrected chi connectivity index (χ4v) is 3.19. The van der Waals surface area contributed by atoms with Crippen LogP contribution in [0.4, 0.5) is 0 Å². The molecule has 3 rings (SSSR count). The highest BCUT2D eigenvalue weighted by Crippen LogP contribution is 2.39. The van der Waals surface area contributed by atoms with Gasteiger partial charge in [-0.25, -0.2) is 0 Å². The van der Waals surface area contributed by atoms with E-state index in [9.17, 15) is 9.90 Å². The topological polar surface area (TPSA) is 83.5 Å². The molecule has 1 aromatic carbocycles. The largest absolute Gasteiger partial charge is 0.454 e. The molecule has 0 saturated carbocycles. The summed E-state index contributed by atoms with van der Waals surface area (Å²) in [5.74, 6) is -1.32. The summed E-state index contributed by atoms with van der Waals surface area (Å²) in [5.41, 5.74) is 0.958. The van der Waals surface area contributed by atoms with Crippen LogP contribution in [-0.2, 0) is 35.1 Å². The Labute approximate surface area is 146 Å². The maximum atomic E-state index is 11.6. The van der Waals surface area contributed by atoms with E-state index in [0.717, 1.165) is 5.56 Å². The van der Waals surface area contributed by atoms with Gasteiger partial charge in [-0.1, -0.05) is 30.3 Å². The van der Waals surface area contributed by atoms with Crippen molar-refractivity contribution in [3.05, 3.63) is 35.9 Å². The summed E-state index contributed by atoms with van der Waals surface area (Å²) in [6, 6.07) is 9.59. The Hall–Kier alpha value is -1.51. The minimum atomic E-state index is -0.862. The Balaban J connectivity index is 1.78. The maximum Gasteiger partial charge on any atom is 0.303 e. The van der Waals surface area contributed by atoms with Gasteiger partial charge in [0.1, 0.15) is 18.3 Å². The van der Waals surface area contributed by atoms with Gasteiger partial charge in [-0.05, 0) is 19.4 Å². The molecule has 0 aliphatic carbocycles. The summed E-state index contributed by atoms with van der Waals surface area (Å²) in [5, 5.41) is 9.66. The SMILES string of the molecule is CC(=O)O[C@H]1[C@H](OCc2ccccc2)O[C@H](CO)[C@@H]2OC(C)(C)O[C@@H]21. The number of carbonyl (C=O) groups excluding carboxylic acids is 1. The average Bonchev–Trinajstić information content (AvgIpc) is 2.90. The summed E-state index contributed by atoms with van der Waals surface area (Å²) in [4.78, 5) is 11.6. The van der Waals surface area contributed by atoms with Crippen LogP contribution in [0.3, 0.4) is 0 Å². The van der Waals surface area contributed by atoms with E-state index in [4.69, 9.17) is 23.7 Å². The van der Waals surface area contributed by atoms with Crippen molar-refractivity contribution >= 4 is 5.97 Å². The highest BCUT2D eigenvalue weighted by Gasteiger charge is 2.56. The molecule has 7 heteroatoms. The zero-order valence-corrected chi connectivity index (χ0v) is 14.6. The monoisotopic (exact) mass is 352 g/mol. The summed E-state index contributed by atoms with van der Waals surface area (Å²) < 4.78 is 28.8. The van der Waals surface area contributed by atoms with Gasteiger partial charge in [0.25, 0.3) is 0 Å². The highest BCUT2D eigenvalue weighted by atomic mass is 16.8. The number of fused-ring (bicyclic) bond motifs is 1. The number of hydrogen-bond acceptors (Lipinski definition) is 7. The Morgan fingerprint density at radius 3 is 2.52 bits per heavy atom. The molecular weight excluding hydrogens is 328 g/mol. The zero-order chi connectivity index (χ0) is 18.0. The summed E-state index contributed by atoms with van der Waals surface area (Å²) >= 11 is 0. The van der Waals surface area contributed by atoms with E-state index in [2.05, 4.69) is 0 Å². The van der Waals surface area contributed by atoms with Crippen molar-refractivity contribution in [1.82, 2.24) is 0 Å². The first-order chi connectivity index (χ1) is 11.9. The lowest BCUT2D eigenvalue weighted by Crippen LogP contribution is -2.59. The molecule has 1 aromatic rings. The molecule has 0 bridgehead atoms. The zero-order valence-electron chi connectivity index (χ0n) is 14.6. The number of aliphatic hydroxyl groups is 1. The van der Waals surface area contributed by atoms with Crippen molar-refractivity contribution in [3.63, 3.8) is 0 Å². The Morgan fingerprint density at radius 1 is 1.20 bits per heavy atom. The van der Waals surface area contributed by atoms with Gasteiger partial charge in [-0.15, -0.1) is 0 Å². The highest BCUT2D eigenvalue weighted by molar-refractivity contribution is 5.66. The standard InChI is InChI=1S/C18H24O7/c1-11(20)22-16-15-14(24-18(2,3)25-15)13(9-19)23-17(16)21-10-12-7-5-4-6-8-12/h4-8,13-17,19H,9-10H2,1-3H3/t13-,14+,15+,16-,17-/m1/s1. The van der Waals surface area contributed by atoms with E-state index in [1.54, 1.807) is 13.8 Å². The Bertz CT molecular complexity index is 588. The molecule has 7 nitrogen and oxygen atoms in total. The van der Waals surface area contributed by atoms with Crippen molar-refractivity contribution in [2.24, 2.45) is 0 Å². The summed E-state index contributed by atoms with van der Waals surface area (Å²) in [6.07, 6.45) is -3.39. The van der Waals surface area contributed by atoms with Crippen molar-refractivity contribution in [2.45, 2.75) is 63.9 Å². The Kier molecular flexibility index (Phi) is 5.41. The van der Waals surface area contributed by atoms with Crippen LogP contribution in [0, 0.1) is 0 Å². The molecule has 2 aliphatic rings. The number of ether oxygens (including phenoxy) is 5. The fourth-order valence-electron chi connectivity index (χ4n) is 3.19. The van der Waals surface area contributed by atoms with Gasteiger partial charge >= 0.3 is 5.97 Å². The maximum absolute atomic E-state index is 11.6. The smallest absolute Gasteiger partial charge is 0.303 e. The van der Waals surface area contributed by atoms with E-state index >= 15 is 0 Å². The third-order valence-corrected chi connectivity index (χ3v) is 4.17. The molecule has 0 aromatic heterocycles. The van der Waals surface area contributed by atoms with Crippen LogP contribution in [0.15, 0.2) is 30.3 Å². The fraction of sp³-hybridized carbons (Fsp3) is 0.611. The molecule has 0 radical (unpaired) electrons. The number of benzene rings is 1. The number of aliphatic hydroxyl groups excluding tert-OH is 1. The number of carbonyl (C=O) groups is 1. The average molecular weight is 352 g/mol. The van der Waals surface area contributed by atoms with E-state index < -0.39 is 42.5 Å². The molecule has 2 heterocycles. The van der Waals surface area contributed by atoms with Gasteiger partial charge in [-0.3, -0.25) is 4.79 Å². The molecule has 5 atom stereocenters. The first-order valence-electron chi connectivity index (χ1n) is 8.34. The van der Waals surface area contributed by atoms with Gasteiger partial charge in [-0.2, -0.15) is 0 Å². The number of hydrogen-bond donors (Lipinski definition) is 1. The van der Waals surface area contributed by atoms with Crippen LogP contribution >= 0.6 is 0 Å². The van der Waals surface area contributed by atoms with E-state index in [1.807, 2.05) is 30.3 Å². The van der Waals surface area contributed by atoms with Crippen molar-refractivity contribution in [1.29, 1.82) is 0 Å². The van der Waals surface area contributed by atoms with Crippen LogP contribution in [0.5, 0.6) is 0 Å². The van der Waals surface area contributed by atoms with Gasteiger partial charge in [0, 0.05) is 6.92 Å². The van der Waals surface area contributed by atoms with E-state index in [1.165, 1.54) is 6.92 Å². The minimum absolute atomic E-state index is 0.251. The van der Waals surface area contributed by atoms with Crippen molar-refractivity contribution < 1.29 is 33.6 Å².